The van der Waals surface area contributed by atoms with Gasteiger partial charge in [-0.2, -0.15) is 0 Å². The first-order valence-electron chi connectivity index (χ1n) is 11.3. The molecule has 0 radical (unpaired) electrons. The van der Waals surface area contributed by atoms with Crippen molar-refractivity contribution >= 4 is 29.2 Å². The molecule has 0 fully saturated rings. The van der Waals surface area contributed by atoms with Crippen molar-refractivity contribution in [3.63, 3.8) is 0 Å². The third-order valence-electron chi connectivity index (χ3n) is 5.25. The summed E-state index contributed by atoms with van der Waals surface area (Å²) < 4.78 is 0. The molecule has 12 heteroatoms. The molecule has 1 N–H and O–H groups in total. The predicted octanol–water partition coefficient (Wildman–Crippen LogP) is 1.77. The first-order chi connectivity index (χ1) is 17.5. The second-order valence-corrected chi connectivity index (χ2v) is 7.90. The predicted molar refractivity (Wildman–Crippen MR) is 127 cm³/mol. The molecule has 36 heavy (non-hydrogen) atoms. The van der Waals surface area contributed by atoms with Crippen LogP contribution in [0.2, 0.25) is 0 Å². The normalized spacial score (nSPS) is 12.7. The van der Waals surface area contributed by atoms with Gasteiger partial charge >= 0.3 is 0 Å². The van der Waals surface area contributed by atoms with Crippen LogP contribution in [-0.4, -0.2) is 65.3 Å². The zero-order chi connectivity index (χ0) is 25.3. The number of anilines is 1. The van der Waals surface area contributed by atoms with Crippen LogP contribution >= 0.6 is 0 Å². The highest BCUT2D eigenvalue weighted by Crippen LogP contribution is 2.15. The van der Waals surface area contributed by atoms with Crippen molar-refractivity contribution in [3.05, 3.63) is 54.9 Å². The summed E-state index contributed by atoms with van der Waals surface area (Å²) in [6.45, 7) is 0.214. The Morgan fingerprint density at radius 3 is 2.06 bits per heavy atom. The Bertz CT molecular complexity index is 1260. The topological polar surface area (TPSA) is 161 Å². The summed E-state index contributed by atoms with van der Waals surface area (Å²) in [6, 6.07) is 8.66. The van der Waals surface area contributed by atoms with Crippen molar-refractivity contribution in [2.45, 2.75) is 32.1 Å². The minimum atomic E-state index is -0.356. The molecule has 1 aliphatic heterocycles. The number of nitrogens with zero attached hydrogens (tertiary/aromatic N) is 7. The SMILES string of the molecule is O=C(CCCC(=O)Nc1ccc(-c2nnc(-c3ccccn3)nn2)nc1)CCCN1C(=O)C=CC1=O. The lowest BCUT2D eigenvalue weighted by molar-refractivity contribution is -0.137. The van der Waals surface area contributed by atoms with Crippen LogP contribution in [0.15, 0.2) is 54.9 Å². The number of aromatic nitrogens is 6. The number of pyridine rings is 2. The number of hydrogen-bond donors (Lipinski definition) is 1. The Morgan fingerprint density at radius 1 is 0.778 bits per heavy atom. The highest BCUT2D eigenvalue weighted by atomic mass is 16.2. The summed E-state index contributed by atoms with van der Waals surface area (Å²) in [6.07, 6.45) is 7.01. The average molecular weight is 486 g/mol. The summed E-state index contributed by atoms with van der Waals surface area (Å²) >= 11 is 0. The van der Waals surface area contributed by atoms with E-state index in [-0.39, 0.29) is 55.1 Å². The number of carbonyl (C=O) groups excluding carboxylic acids is 4. The molecule has 0 bridgehead atoms. The number of rotatable bonds is 11. The minimum Gasteiger partial charge on any atom is -0.325 e. The van der Waals surface area contributed by atoms with Crippen molar-refractivity contribution in [2.75, 3.05) is 11.9 Å². The first-order valence-corrected chi connectivity index (χ1v) is 11.3. The third kappa shape index (κ3) is 6.44. The van der Waals surface area contributed by atoms with E-state index in [0.29, 0.717) is 35.7 Å². The van der Waals surface area contributed by atoms with Crippen molar-refractivity contribution in [2.24, 2.45) is 0 Å². The van der Waals surface area contributed by atoms with Gasteiger partial charge in [0, 0.05) is 44.2 Å². The molecular formula is C24H22N8O4. The second-order valence-electron chi connectivity index (χ2n) is 7.90. The fraction of sp³-hybridized carbons (Fsp3) is 0.250. The Hall–Kier alpha value is -4.74. The largest absolute Gasteiger partial charge is 0.325 e. The van der Waals surface area contributed by atoms with Gasteiger partial charge in [-0.05, 0) is 37.1 Å². The highest BCUT2D eigenvalue weighted by molar-refractivity contribution is 6.12. The van der Waals surface area contributed by atoms with Crippen LogP contribution in [0.4, 0.5) is 5.69 Å². The quantitative estimate of drug-likeness (QED) is 0.395. The van der Waals surface area contributed by atoms with Crippen LogP contribution in [0.25, 0.3) is 23.0 Å². The summed E-state index contributed by atoms with van der Waals surface area (Å²) in [4.78, 5) is 56.7. The van der Waals surface area contributed by atoms with Gasteiger partial charge in [-0.25, -0.2) is 0 Å². The minimum absolute atomic E-state index is 0.0165. The maximum atomic E-state index is 12.2. The molecule has 3 aromatic heterocycles. The van der Waals surface area contributed by atoms with Crippen molar-refractivity contribution in [1.29, 1.82) is 0 Å². The molecule has 12 nitrogen and oxygen atoms in total. The van der Waals surface area contributed by atoms with Gasteiger partial charge in [0.2, 0.25) is 17.6 Å². The molecule has 1 aliphatic rings. The Kier molecular flexibility index (Phi) is 7.86. The van der Waals surface area contributed by atoms with Gasteiger partial charge in [-0.1, -0.05) is 6.07 Å². The Morgan fingerprint density at radius 2 is 1.44 bits per heavy atom. The molecule has 0 spiro atoms. The van der Waals surface area contributed by atoms with Crippen LogP contribution in [0.1, 0.15) is 32.1 Å². The van der Waals surface area contributed by atoms with E-state index in [0.717, 1.165) is 4.90 Å². The number of ketones is 1. The molecule has 4 heterocycles. The van der Waals surface area contributed by atoms with E-state index in [4.69, 9.17) is 0 Å². The molecule has 182 valence electrons. The van der Waals surface area contributed by atoms with Gasteiger partial charge in [0.05, 0.1) is 11.9 Å². The molecule has 0 aliphatic carbocycles. The molecular weight excluding hydrogens is 464 g/mol. The average Bonchev–Trinajstić information content (AvgIpc) is 3.22. The van der Waals surface area contributed by atoms with Crippen LogP contribution in [-0.2, 0) is 19.2 Å². The maximum absolute atomic E-state index is 12.2. The summed E-state index contributed by atoms with van der Waals surface area (Å²) in [5.74, 6) is -0.429. The van der Waals surface area contributed by atoms with Gasteiger partial charge in [0.1, 0.15) is 17.2 Å². The number of carbonyl (C=O) groups is 4. The summed E-state index contributed by atoms with van der Waals surface area (Å²) in [7, 11) is 0. The monoisotopic (exact) mass is 486 g/mol. The van der Waals surface area contributed by atoms with E-state index in [1.165, 1.54) is 18.3 Å². The molecule has 0 unspecified atom stereocenters. The molecule has 4 rings (SSSR count). The van der Waals surface area contributed by atoms with Crippen LogP contribution in [0.3, 0.4) is 0 Å². The van der Waals surface area contributed by atoms with Gasteiger partial charge in [0.25, 0.3) is 11.8 Å². The smallest absolute Gasteiger partial charge is 0.253 e. The van der Waals surface area contributed by atoms with Crippen molar-refractivity contribution in [1.82, 2.24) is 35.3 Å². The fourth-order valence-electron chi connectivity index (χ4n) is 3.41. The zero-order valence-electron chi connectivity index (χ0n) is 19.2. The zero-order valence-corrected chi connectivity index (χ0v) is 19.2. The van der Waals surface area contributed by atoms with Gasteiger partial charge in [0.15, 0.2) is 0 Å². The Balaban J connectivity index is 1.17. The van der Waals surface area contributed by atoms with Gasteiger partial charge in [-0.3, -0.25) is 34.0 Å². The second kappa shape index (κ2) is 11.6. The molecule has 0 atom stereocenters. The molecule has 3 aromatic rings. The number of Topliss-reactive ketones (excluding diaryl/α,β-unsaturated/α-hetero) is 1. The first kappa shape index (κ1) is 24.4. The summed E-state index contributed by atoms with van der Waals surface area (Å²) in [5, 5.41) is 18.9. The van der Waals surface area contributed by atoms with E-state index in [1.807, 2.05) is 6.07 Å². The summed E-state index contributed by atoms with van der Waals surface area (Å²) in [5.41, 5.74) is 1.50. The van der Waals surface area contributed by atoms with E-state index in [2.05, 4.69) is 35.7 Å². The lowest BCUT2D eigenvalue weighted by atomic mass is 10.1. The van der Waals surface area contributed by atoms with Crippen LogP contribution in [0.5, 0.6) is 0 Å². The van der Waals surface area contributed by atoms with Gasteiger partial charge in [-0.15, -0.1) is 20.4 Å². The Labute approximate surface area is 205 Å². The van der Waals surface area contributed by atoms with Crippen LogP contribution in [0, 0.1) is 0 Å². The standard InChI is InChI=1S/C24H22N8O4/c33-17(6-4-14-32-21(35)11-12-22(32)36)5-3-8-20(34)27-16-9-10-19(26-15-16)24-30-28-23(29-31-24)18-7-1-2-13-25-18/h1-2,7,9-13,15H,3-6,8,14H2,(H,27,34). The number of hydrogen-bond acceptors (Lipinski definition) is 10. The maximum Gasteiger partial charge on any atom is 0.253 e. The molecule has 0 saturated carbocycles. The molecule has 0 saturated heterocycles. The lowest BCUT2D eigenvalue weighted by Crippen LogP contribution is -2.31. The highest BCUT2D eigenvalue weighted by Gasteiger charge is 2.22. The third-order valence-corrected chi connectivity index (χ3v) is 5.25. The van der Waals surface area contributed by atoms with E-state index in [9.17, 15) is 19.2 Å². The lowest BCUT2D eigenvalue weighted by Gasteiger charge is -2.12. The molecule has 3 amide bonds. The number of imide groups is 1. The fourth-order valence-corrected chi connectivity index (χ4v) is 3.41. The number of nitrogens with one attached hydrogen (secondary N) is 1. The van der Waals surface area contributed by atoms with E-state index in [1.54, 1.807) is 30.5 Å². The van der Waals surface area contributed by atoms with E-state index >= 15 is 0 Å². The van der Waals surface area contributed by atoms with E-state index < -0.39 is 0 Å². The van der Waals surface area contributed by atoms with Gasteiger partial charge < -0.3 is 5.32 Å². The molecule has 0 aromatic carbocycles. The van der Waals surface area contributed by atoms with Crippen molar-refractivity contribution < 1.29 is 19.2 Å². The van der Waals surface area contributed by atoms with Crippen LogP contribution < -0.4 is 5.32 Å². The number of amides is 3. The van der Waals surface area contributed by atoms with Crippen molar-refractivity contribution in [3.8, 4) is 23.0 Å².